The van der Waals surface area contributed by atoms with Gasteiger partial charge in [0.2, 0.25) is 0 Å². The number of halogens is 4. The van der Waals surface area contributed by atoms with Gasteiger partial charge in [-0.15, -0.1) is 12.4 Å². The molecule has 0 aromatic rings. The predicted molar refractivity (Wildman–Crippen MR) is 153 cm³/mol. The van der Waals surface area contributed by atoms with Crippen LogP contribution in [0.25, 0.3) is 0 Å². The van der Waals surface area contributed by atoms with Crippen molar-refractivity contribution >= 4 is 97.5 Å². The molecule has 14 heteroatoms. The summed E-state index contributed by atoms with van der Waals surface area (Å²) in [7, 11) is 1.00. The van der Waals surface area contributed by atoms with E-state index >= 15 is 0 Å². The number of aliphatic hydroxyl groups excluding tert-OH is 3. The Morgan fingerprint density at radius 2 is 1.23 bits per heavy atom. The fourth-order valence-electron chi connectivity index (χ4n) is 0.369. The first-order valence-corrected chi connectivity index (χ1v) is 12.0. The van der Waals surface area contributed by atoms with Crippen LogP contribution in [0.4, 0.5) is 0 Å². The van der Waals surface area contributed by atoms with Crippen molar-refractivity contribution in [3.8, 4) is 0 Å². The van der Waals surface area contributed by atoms with Crippen molar-refractivity contribution in [2.45, 2.75) is 62.7 Å². The van der Waals surface area contributed by atoms with Crippen molar-refractivity contribution in [1.82, 2.24) is 0 Å². The molecular weight excluding hydrogens is 811 g/mol. The van der Waals surface area contributed by atoms with Gasteiger partial charge in [0.15, 0.2) is 0 Å². The van der Waals surface area contributed by atoms with Gasteiger partial charge in [-0.2, -0.15) is 6.92 Å². The van der Waals surface area contributed by atoms with Crippen LogP contribution in [0.5, 0.6) is 0 Å². The molecule has 0 amide bonds. The second kappa shape index (κ2) is 69.7. The molecule has 0 bridgehead atoms. The minimum absolute atomic E-state index is 0. The Balaban J connectivity index is -0.0000000269. The number of hydrogen-bond acceptors (Lipinski definition) is 9. The number of hydrogen-bond donors (Lipinski definition) is 6. The monoisotopic (exact) mass is 852 g/mol. The van der Waals surface area contributed by atoms with Crippen LogP contribution in [0.3, 0.4) is 0 Å². The summed E-state index contributed by atoms with van der Waals surface area (Å²) in [6, 6.07) is 0. The number of nitrogens with two attached hydrogens (primary N) is 1. The number of ketones is 2. The summed E-state index contributed by atoms with van der Waals surface area (Å²) in [5, 5.41) is 40.5. The molecule has 0 aliphatic rings. The molecule has 0 rings (SSSR count). The van der Waals surface area contributed by atoms with Crippen molar-refractivity contribution in [2.24, 2.45) is 11.1 Å². The van der Waals surface area contributed by atoms with Gasteiger partial charge in [0.05, 0.1) is 7.64 Å². The molecular formula is C17H41ClI3N2O7V-. The largest absolute Gasteiger partial charge is 0.411 e. The van der Waals surface area contributed by atoms with Crippen LogP contribution in [0, 0.1) is 4.43 Å². The Labute approximate surface area is 247 Å². The minimum Gasteiger partial charge on any atom is -0.411 e. The average Bonchev–Trinajstić information content (AvgIpc) is 2.66. The summed E-state index contributed by atoms with van der Waals surface area (Å²) >= 11 is 6.95. The predicted octanol–water partition coefficient (Wildman–Crippen LogP) is 4.33. The summed E-state index contributed by atoms with van der Waals surface area (Å²) in [4.78, 5) is 19.3. The van der Waals surface area contributed by atoms with Gasteiger partial charge in [0.1, 0.15) is 11.6 Å². The molecule has 0 fully saturated rings. The Hall–Kier alpha value is 1.67. The number of aliphatic hydroxyl groups is 3. The summed E-state index contributed by atoms with van der Waals surface area (Å²) in [6.07, 6.45) is 2.03. The van der Waals surface area contributed by atoms with E-state index in [1.165, 1.54) is 27.2 Å². The van der Waals surface area contributed by atoms with E-state index in [9.17, 15) is 9.59 Å². The van der Waals surface area contributed by atoms with Crippen molar-refractivity contribution in [2.75, 3.05) is 20.3 Å². The summed E-state index contributed by atoms with van der Waals surface area (Å²) in [5.74, 6) is 3.71. The first-order valence-electron chi connectivity index (χ1n) is 8.22. The average molecular weight is 853 g/mol. The molecule has 0 aromatic carbocycles. The Bertz CT molecular complexity index is 319. The molecule has 0 aromatic heterocycles. The van der Waals surface area contributed by atoms with Gasteiger partial charge in [-0.05, 0) is 34.1 Å². The molecule has 1 radical (unpaired) electrons. The van der Waals surface area contributed by atoms with E-state index in [1.54, 1.807) is 6.92 Å². The van der Waals surface area contributed by atoms with Crippen molar-refractivity contribution < 1.29 is 53.9 Å². The van der Waals surface area contributed by atoms with Crippen molar-refractivity contribution in [3.63, 3.8) is 0 Å². The first kappa shape index (κ1) is 58.5. The number of nitrogens with zero attached hydrogens (tertiary/aromatic N) is 1. The van der Waals surface area contributed by atoms with Gasteiger partial charge in [0, 0.05) is 51.7 Å². The van der Waals surface area contributed by atoms with Crippen LogP contribution in [-0.4, -0.2) is 65.3 Å². The molecule has 0 atom stereocenters. The van der Waals surface area contributed by atoms with Crippen molar-refractivity contribution in [3.05, 3.63) is 4.43 Å². The second-order valence-electron chi connectivity index (χ2n) is 4.41. The molecule has 195 valence electrons. The molecule has 7 N–H and O–H groups in total. The summed E-state index contributed by atoms with van der Waals surface area (Å²) in [5.41, 5.74) is 0.558. The Kier molecular flexibility index (Phi) is 132. The molecule has 0 saturated carbocycles. The van der Waals surface area contributed by atoms with E-state index < -0.39 is 0 Å². The quantitative estimate of drug-likeness (QED) is 0.0593. The third-order valence-corrected chi connectivity index (χ3v) is 3.18. The fraction of sp³-hybridized carbons (Fsp3) is 0.765. The van der Waals surface area contributed by atoms with Crippen LogP contribution in [0.1, 0.15) is 60.8 Å². The number of oxime groups is 1. The topological polar surface area (TPSA) is 174 Å². The number of carbonyl (C=O) groups excluding carboxylic acids is 2. The third kappa shape index (κ3) is 205. The van der Waals surface area contributed by atoms with Gasteiger partial charge in [-0.25, -0.2) is 5.90 Å². The first-order chi connectivity index (χ1) is 13.5. The van der Waals surface area contributed by atoms with E-state index in [-0.39, 0.29) is 55.7 Å². The number of Topliss-reactive ketones (excluding diaryl/α,β-unsaturated/α-hetero) is 2. The van der Waals surface area contributed by atoms with Gasteiger partial charge in [-0.1, -0.05) is 57.3 Å². The van der Waals surface area contributed by atoms with E-state index in [4.69, 9.17) is 25.7 Å². The van der Waals surface area contributed by atoms with Crippen LogP contribution >= 0.6 is 80.2 Å². The Morgan fingerprint density at radius 1 is 1.00 bits per heavy atom. The normalized spacial score (nSPS) is 7.68. The molecule has 0 aliphatic heterocycles. The molecule has 0 aliphatic carbocycles. The summed E-state index contributed by atoms with van der Waals surface area (Å²) in [6.45, 7) is 10.4. The molecule has 31 heavy (non-hydrogen) atoms. The molecule has 9 nitrogen and oxygen atoms in total. The number of carbonyl (C=O) groups is 2. The second-order valence-corrected chi connectivity index (χ2v) is 11.0. The molecule has 0 unspecified atom stereocenters. The molecule has 0 saturated heterocycles. The fourth-order valence-corrected chi connectivity index (χ4v) is 0.369. The maximum Gasteiger partial charge on any atom is 0.132 e. The zero-order valence-electron chi connectivity index (χ0n) is 19.3. The maximum absolute atomic E-state index is 9.88. The summed E-state index contributed by atoms with van der Waals surface area (Å²) < 4.78 is 2.79. The standard InChI is InChI=1S/C4H9NO2.C4H8O2.C3H6I2.C3H6O.C2H4I.CH4O.ClH.H3NO.V/c1-4(5-7)2-3-6;1-4(6)2-3-5;1-2-3(4)5;1-3(2)4;1-2-3;1-2;;1-2;/h6-7H,2-3H2,1H3;5H,2-3H2,1H3;3H,2H2,1H3;1-2H3;2H,1H3;2H,1H3;1H;2H,1H2;/q;;;;-1;;;;/b5-4-;;;;;;;;. The zero-order valence-corrected chi connectivity index (χ0v) is 27.9. The minimum atomic E-state index is -0.0185. The van der Waals surface area contributed by atoms with E-state index in [0.29, 0.717) is 18.6 Å². The van der Waals surface area contributed by atoms with Crippen molar-refractivity contribution in [1.29, 1.82) is 0 Å². The van der Waals surface area contributed by atoms with E-state index in [1.807, 2.05) is 11.4 Å². The van der Waals surface area contributed by atoms with E-state index in [0.717, 1.165) is 9.04 Å². The smallest absolute Gasteiger partial charge is 0.132 e. The van der Waals surface area contributed by atoms with Gasteiger partial charge in [0.25, 0.3) is 0 Å². The zero-order chi connectivity index (χ0) is 25.3. The van der Waals surface area contributed by atoms with Crippen LogP contribution in [0.2, 0.25) is 0 Å². The van der Waals surface area contributed by atoms with Gasteiger partial charge >= 0.3 is 0 Å². The third-order valence-electron chi connectivity index (χ3n) is 1.42. The molecule has 0 heterocycles. The SMILES string of the molecule is C/C(CCO)=N/O.CC(=O)CCO.CC(C)=O.CCC(I)I.CO.C[CH-]I.Cl.NO.[V]. The van der Waals surface area contributed by atoms with E-state index in [2.05, 4.69) is 85.7 Å². The number of rotatable bonds is 5. The Morgan fingerprint density at radius 3 is 1.26 bits per heavy atom. The molecule has 0 spiro atoms. The maximum atomic E-state index is 9.88. The van der Waals surface area contributed by atoms with Gasteiger partial charge in [-0.3, -0.25) is 9.22 Å². The number of alkyl halides is 2. The van der Waals surface area contributed by atoms with Crippen LogP contribution < -0.4 is 5.90 Å². The van der Waals surface area contributed by atoms with Crippen LogP contribution in [0.15, 0.2) is 5.16 Å². The van der Waals surface area contributed by atoms with Crippen LogP contribution in [-0.2, 0) is 28.1 Å². The van der Waals surface area contributed by atoms with Gasteiger partial charge < -0.3 is 53.1 Å².